The lowest BCUT2D eigenvalue weighted by Crippen LogP contribution is -1.77. The quantitative estimate of drug-likeness (QED) is 0.532. The summed E-state index contributed by atoms with van der Waals surface area (Å²) in [5, 5.41) is 0. The number of nitrogens with zero attached hydrogens (tertiary/aromatic N) is 1. The monoisotopic (exact) mass is 201 g/mol. The summed E-state index contributed by atoms with van der Waals surface area (Å²) in [7, 11) is 0. The van der Waals surface area contributed by atoms with Gasteiger partial charge in [-0.2, -0.15) is 4.99 Å². The van der Waals surface area contributed by atoms with Gasteiger partial charge in [-0.05, 0) is 12.0 Å². The van der Waals surface area contributed by atoms with Crippen molar-refractivity contribution in [2.45, 2.75) is 19.8 Å². The predicted octanol–water partition coefficient (Wildman–Crippen LogP) is 3.49. The van der Waals surface area contributed by atoms with E-state index in [1.54, 1.807) is 0 Å². The van der Waals surface area contributed by atoms with E-state index in [0.717, 1.165) is 4.88 Å². The van der Waals surface area contributed by atoms with Crippen LogP contribution in [-0.2, 0) is 4.79 Å². The number of aliphatic imine (C=N–C) groups is 1. The first kappa shape index (κ1) is 9.46. The second-order valence-electron chi connectivity index (χ2n) is 2.67. The highest BCUT2D eigenvalue weighted by Gasteiger charge is 2.08. The van der Waals surface area contributed by atoms with Crippen LogP contribution in [-0.4, -0.2) is 6.08 Å². The van der Waals surface area contributed by atoms with E-state index in [1.165, 1.54) is 17.4 Å². The summed E-state index contributed by atoms with van der Waals surface area (Å²) < 4.78 is 0.557. The normalized spacial score (nSPS) is 10.0. The first-order valence-electron chi connectivity index (χ1n) is 3.52. The Hall–Kier alpha value is -0.630. The highest BCUT2D eigenvalue weighted by Crippen LogP contribution is 2.37. The molecule has 2 nitrogen and oxygen atoms in total. The molecule has 1 heterocycles. The zero-order chi connectivity index (χ0) is 9.14. The van der Waals surface area contributed by atoms with Gasteiger partial charge in [0.1, 0.15) is 10.0 Å². The molecule has 12 heavy (non-hydrogen) atoms. The fourth-order valence-electron chi connectivity index (χ4n) is 0.787. The van der Waals surface area contributed by atoms with Gasteiger partial charge in [-0.25, -0.2) is 4.79 Å². The molecule has 0 unspecified atom stereocenters. The van der Waals surface area contributed by atoms with E-state index in [2.05, 4.69) is 18.8 Å². The number of isocyanates is 1. The molecule has 0 bridgehead atoms. The predicted molar refractivity (Wildman–Crippen MR) is 51.2 cm³/mol. The van der Waals surface area contributed by atoms with Crippen LogP contribution in [0.15, 0.2) is 11.1 Å². The first-order chi connectivity index (χ1) is 5.65. The molecule has 1 aromatic rings. The van der Waals surface area contributed by atoms with Gasteiger partial charge in [0.15, 0.2) is 0 Å². The van der Waals surface area contributed by atoms with Gasteiger partial charge >= 0.3 is 0 Å². The molecule has 0 aliphatic carbocycles. The van der Waals surface area contributed by atoms with E-state index in [1.807, 2.05) is 6.07 Å². The molecule has 0 radical (unpaired) electrons. The van der Waals surface area contributed by atoms with E-state index in [-0.39, 0.29) is 0 Å². The molecule has 0 amide bonds. The Morgan fingerprint density at radius 3 is 2.75 bits per heavy atom. The molecular weight excluding hydrogens is 194 g/mol. The highest BCUT2D eigenvalue weighted by molar-refractivity contribution is 7.17. The number of thiophene rings is 1. The van der Waals surface area contributed by atoms with Gasteiger partial charge in [0.25, 0.3) is 0 Å². The number of hydrogen-bond donors (Lipinski definition) is 0. The molecule has 64 valence electrons. The molecule has 1 rings (SSSR count). The third-order valence-corrected chi connectivity index (χ3v) is 3.06. The van der Waals surface area contributed by atoms with Crippen molar-refractivity contribution in [2.24, 2.45) is 4.99 Å². The largest absolute Gasteiger partial charge is 0.240 e. The van der Waals surface area contributed by atoms with Crippen LogP contribution in [0.1, 0.15) is 24.6 Å². The number of rotatable bonds is 2. The van der Waals surface area contributed by atoms with Crippen molar-refractivity contribution in [2.75, 3.05) is 0 Å². The minimum absolute atomic E-state index is 0.420. The molecule has 0 N–H and O–H groups in total. The smallest absolute Gasteiger partial charge is 0.211 e. The summed E-state index contributed by atoms with van der Waals surface area (Å²) in [5.41, 5.74) is 0.528. The molecule has 0 saturated heterocycles. The van der Waals surface area contributed by atoms with Crippen molar-refractivity contribution < 1.29 is 4.79 Å². The van der Waals surface area contributed by atoms with E-state index < -0.39 is 0 Å². The Labute approximate surface area is 79.9 Å². The maximum Gasteiger partial charge on any atom is 0.240 e. The lowest BCUT2D eigenvalue weighted by Gasteiger charge is -1.95. The van der Waals surface area contributed by atoms with E-state index in [4.69, 9.17) is 11.6 Å². The topological polar surface area (TPSA) is 29.4 Å². The van der Waals surface area contributed by atoms with Crippen molar-refractivity contribution >= 4 is 34.7 Å². The Kier molecular flexibility index (Phi) is 3.04. The fourth-order valence-corrected chi connectivity index (χ4v) is 1.97. The molecule has 0 aliphatic rings. The van der Waals surface area contributed by atoms with Crippen LogP contribution < -0.4 is 0 Å². The molecule has 4 heteroatoms. The van der Waals surface area contributed by atoms with Crippen LogP contribution in [0.4, 0.5) is 5.69 Å². The molecule has 0 saturated carbocycles. The van der Waals surface area contributed by atoms with E-state index in [0.29, 0.717) is 15.9 Å². The third kappa shape index (κ3) is 1.95. The molecular formula is C8H8ClNOS. The summed E-state index contributed by atoms with van der Waals surface area (Å²) in [5.74, 6) is 0.420. The average molecular weight is 202 g/mol. The van der Waals surface area contributed by atoms with Gasteiger partial charge in [-0.15, -0.1) is 11.3 Å². The van der Waals surface area contributed by atoms with Crippen LogP contribution in [0.3, 0.4) is 0 Å². The summed E-state index contributed by atoms with van der Waals surface area (Å²) >= 11 is 7.27. The second kappa shape index (κ2) is 3.85. The van der Waals surface area contributed by atoms with Gasteiger partial charge in [0.05, 0.1) is 0 Å². The molecule has 0 aromatic carbocycles. The molecule has 0 atom stereocenters. The molecule has 0 spiro atoms. The number of hydrogen-bond acceptors (Lipinski definition) is 3. The van der Waals surface area contributed by atoms with Gasteiger partial charge in [0, 0.05) is 4.88 Å². The number of carbonyl (C=O) groups excluding carboxylic acids is 1. The Morgan fingerprint density at radius 2 is 2.33 bits per heavy atom. The average Bonchev–Trinajstić information content (AvgIpc) is 2.34. The molecule has 1 aromatic heterocycles. The van der Waals surface area contributed by atoms with E-state index in [9.17, 15) is 4.79 Å². The van der Waals surface area contributed by atoms with Gasteiger partial charge < -0.3 is 0 Å². The third-order valence-electron chi connectivity index (χ3n) is 1.42. The van der Waals surface area contributed by atoms with Crippen molar-refractivity contribution in [3.63, 3.8) is 0 Å². The minimum Gasteiger partial charge on any atom is -0.211 e. The van der Waals surface area contributed by atoms with Crippen LogP contribution in [0.2, 0.25) is 4.34 Å². The van der Waals surface area contributed by atoms with Gasteiger partial charge in [-0.3, -0.25) is 0 Å². The van der Waals surface area contributed by atoms with Crippen molar-refractivity contribution in [3.05, 3.63) is 15.3 Å². The Balaban J connectivity index is 3.08. The fraction of sp³-hybridized carbons (Fsp3) is 0.375. The second-order valence-corrected chi connectivity index (χ2v) is 4.35. The standard InChI is InChI=1S/C8H8ClNOS/c1-5(2)7-3-6(10-4-11)8(9)12-7/h3,5H,1-2H3. The Bertz CT molecular complexity index is 326. The maximum absolute atomic E-state index is 9.96. The lowest BCUT2D eigenvalue weighted by molar-refractivity contribution is 0.565. The van der Waals surface area contributed by atoms with Crippen molar-refractivity contribution in [1.29, 1.82) is 0 Å². The molecule has 0 aliphatic heterocycles. The van der Waals surface area contributed by atoms with E-state index >= 15 is 0 Å². The van der Waals surface area contributed by atoms with Crippen LogP contribution in [0.25, 0.3) is 0 Å². The maximum atomic E-state index is 9.96. The van der Waals surface area contributed by atoms with Crippen LogP contribution in [0, 0.1) is 0 Å². The lowest BCUT2D eigenvalue weighted by atomic mass is 10.2. The zero-order valence-electron chi connectivity index (χ0n) is 6.80. The van der Waals surface area contributed by atoms with Crippen molar-refractivity contribution in [3.8, 4) is 0 Å². The minimum atomic E-state index is 0.420. The molecule has 0 fully saturated rings. The van der Waals surface area contributed by atoms with Gasteiger partial charge in [-0.1, -0.05) is 25.4 Å². The summed E-state index contributed by atoms with van der Waals surface area (Å²) in [6.07, 6.45) is 1.47. The zero-order valence-corrected chi connectivity index (χ0v) is 8.37. The highest BCUT2D eigenvalue weighted by atomic mass is 35.5. The summed E-state index contributed by atoms with van der Waals surface area (Å²) in [6.45, 7) is 4.13. The van der Waals surface area contributed by atoms with Gasteiger partial charge in [0.2, 0.25) is 6.08 Å². The summed E-state index contributed by atoms with van der Waals surface area (Å²) in [4.78, 5) is 14.6. The first-order valence-corrected chi connectivity index (χ1v) is 4.71. The Morgan fingerprint density at radius 1 is 1.67 bits per heavy atom. The van der Waals surface area contributed by atoms with Crippen LogP contribution >= 0.6 is 22.9 Å². The van der Waals surface area contributed by atoms with Crippen molar-refractivity contribution in [1.82, 2.24) is 0 Å². The summed E-state index contributed by atoms with van der Waals surface area (Å²) in [6, 6.07) is 1.82. The number of halogens is 1. The van der Waals surface area contributed by atoms with Crippen LogP contribution in [0.5, 0.6) is 0 Å². The SMILES string of the molecule is CC(C)c1cc(N=C=O)c(Cl)s1.